The summed E-state index contributed by atoms with van der Waals surface area (Å²) in [6.45, 7) is 12.1. The number of benzene rings is 2. The molecule has 0 amide bonds. The minimum Gasteiger partial charge on any atom is -0.494 e. The Labute approximate surface area is 175 Å². The fourth-order valence-electron chi connectivity index (χ4n) is 3.01. The normalized spacial score (nSPS) is 11.9. The van der Waals surface area contributed by atoms with Crippen LogP contribution < -0.4 is 14.8 Å². The molecule has 1 unspecified atom stereocenters. The molecule has 0 aliphatic rings. The van der Waals surface area contributed by atoms with Crippen LogP contribution in [0.3, 0.4) is 0 Å². The zero-order valence-electron chi connectivity index (χ0n) is 18.0. The van der Waals surface area contributed by atoms with E-state index in [2.05, 4.69) is 0 Å². The number of hydrogen-bond acceptors (Lipinski definition) is 5. The van der Waals surface area contributed by atoms with Crippen molar-refractivity contribution in [2.24, 2.45) is 0 Å². The quantitative estimate of drug-likeness (QED) is 0.358. The third-order valence-corrected chi connectivity index (χ3v) is 6.13. The van der Waals surface area contributed by atoms with Crippen LogP contribution in [0.1, 0.15) is 42.3 Å². The molecule has 0 aliphatic heterocycles. The average Bonchev–Trinajstić information content (AvgIpc) is 2.69. The van der Waals surface area contributed by atoms with Crippen molar-refractivity contribution in [2.45, 2.75) is 34.6 Å². The lowest BCUT2D eigenvalue weighted by molar-refractivity contribution is 0.102. The molecule has 2 aromatic carbocycles. The minimum absolute atomic E-state index is 0.0165. The van der Waals surface area contributed by atoms with Crippen LogP contribution in [0, 0.1) is 13.8 Å². The maximum Gasteiger partial charge on any atom is 0.216 e. The summed E-state index contributed by atoms with van der Waals surface area (Å²) >= 11 is 0. The van der Waals surface area contributed by atoms with E-state index >= 15 is 0 Å². The Morgan fingerprint density at radius 2 is 1.59 bits per heavy atom. The van der Waals surface area contributed by atoms with E-state index in [-0.39, 0.29) is 5.52 Å². The van der Waals surface area contributed by atoms with Crippen molar-refractivity contribution in [1.29, 1.82) is 0 Å². The number of rotatable bonds is 12. The zero-order valence-corrected chi connectivity index (χ0v) is 18.9. The van der Waals surface area contributed by atoms with Gasteiger partial charge in [-0.05, 0) is 57.9 Å². The summed E-state index contributed by atoms with van der Waals surface area (Å²) in [5.74, 6) is 1.34. The smallest absolute Gasteiger partial charge is 0.216 e. The van der Waals surface area contributed by atoms with Crippen molar-refractivity contribution in [3.8, 4) is 11.5 Å². The van der Waals surface area contributed by atoms with E-state index in [4.69, 9.17) is 18.7 Å². The first-order chi connectivity index (χ1) is 14.0. The average molecular weight is 418 g/mol. The van der Waals surface area contributed by atoms with Crippen LogP contribution in [-0.2, 0) is 9.26 Å². The molecule has 2 aromatic rings. The molecule has 1 atom stereocenters. The molecule has 0 aliphatic carbocycles. The summed E-state index contributed by atoms with van der Waals surface area (Å²) in [6, 6.07) is 11.4. The summed E-state index contributed by atoms with van der Waals surface area (Å²) in [7, 11) is -1.60. The molecular formula is C23H31O5P. The van der Waals surface area contributed by atoms with Crippen LogP contribution in [0.2, 0.25) is 0 Å². The maximum absolute atomic E-state index is 13.6. The summed E-state index contributed by atoms with van der Waals surface area (Å²) < 4.78 is 23.0. The van der Waals surface area contributed by atoms with E-state index in [0.29, 0.717) is 50.1 Å². The molecule has 0 fully saturated rings. The molecule has 0 heterocycles. The molecule has 5 nitrogen and oxygen atoms in total. The lowest BCUT2D eigenvalue weighted by Crippen LogP contribution is -2.18. The first kappa shape index (κ1) is 23.3. The monoisotopic (exact) mass is 418 g/mol. The zero-order chi connectivity index (χ0) is 21.2. The minimum atomic E-state index is -1.60. The number of carbonyl (C=O) groups is 1. The molecule has 158 valence electrons. The second-order valence-corrected chi connectivity index (χ2v) is 8.13. The highest BCUT2D eigenvalue weighted by molar-refractivity contribution is 7.78. The summed E-state index contributed by atoms with van der Waals surface area (Å²) in [5, 5.41) is 0.759. The standard InChI is InChI=1S/C23H31O5P/c1-6-25-14-15-28-29(23(24)22-17(4)10-9-11-18(22)5)21-13-12-19(26-7-2)16-20(21)27-8-3/h9-13,16H,6-8,14-15H2,1-5H3. The fraction of sp³-hybridized carbons (Fsp3) is 0.435. The molecule has 0 radical (unpaired) electrons. The first-order valence-electron chi connectivity index (χ1n) is 10.0. The second-order valence-electron chi connectivity index (χ2n) is 6.39. The van der Waals surface area contributed by atoms with Crippen LogP contribution in [0.5, 0.6) is 11.5 Å². The van der Waals surface area contributed by atoms with Gasteiger partial charge in [-0.2, -0.15) is 0 Å². The Kier molecular flexibility index (Phi) is 9.59. The van der Waals surface area contributed by atoms with Crippen LogP contribution >= 0.6 is 8.15 Å². The van der Waals surface area contributed by atoms with Crippen LogP contribution in [0.4, 0.5) is 0 Å². The van der Waals surface area contributed by atoms with E-state index < -0.39 is 8.15 Å². The summed E-state index contributed by atoms with van der Waals surface area (Å²) in [6.07, 6.45) is 0. The molecule has 6 heteroatoms. The van der Waals surface area contributed by atoms with Crippen molar-refractivity contribution in [3.05, 3.63) is 53.1 Å². The second kappa shape index (κ2) is 11.9. The third-order valence-electron chi connectivity index (χ3n) is 4.29. The van der Waals surface area contributed by atoms with Gasteiger partial charge < -0.3 is 18.7 Å². The van der Waals surface area contributed by atoms with Crippen LogP contribution in [0.15, 0.2) is 36.4 Å². The van der Waals surface area contributed by atoms with Crippen LogP contribution in [-0.4, -0.2) is 38.6 Å². The van der Waals surface area contributed by atoms with Gasteiger partial charge in [0.15, 0.2) is 0 Å². The Morgan fingerprint density at radius 3 is 2.21 bits per heavy atom. The lowest BCUT2D eigenvalue weighted by atomic mass is 10.0. The SMILES string of the molecule is CCOCCOP(C(=O)c1c(C)cccc1C)c1ccc(OCC)cc1OCC. The predicted octanol–water partition coefficient (Wildman–Crippen LogP) is 5.02. The van der Waals surface area contributed by atoms with Gasteiger partial charge in [0, 0.05) is 18.2 Å². The molecule has 0 aromatic heterocycles. The van der Waals surface area contributed by atoms with Crippen molar-refractivity contribution in [1.82, 2.24) is 0 Å². The molecule has 0 saturated carbocycles. The third kappa shape index (κ3) is 6.27. The van der Waals surface area contributed by atoms with Gasteiger partial charge in [0.2, 0.25) is 5.52 Å². The van der Waals surface area contributed by atoms with Gasteiger partial charge in [0.1, 0.15) is 19.6 Å². The van der Waals surface area contributed by atoms with Crippen molar-refractivity contribution < 1.29 is 23.5 Å². The summed E-state index contributed by atoms with van der Waals surface area (Å²) in [5.41, 5.74) is 2.59. The Morgan fingerprint density at radius 1 is 0.897 bits per heavy atom. The van der Waals surface area contributed by atoms with Gasteiger partial charge >= 0.3 is 0 Å². The van der Waals surface area contributed by atoms with Gasteiger partial charge in [0.25, 0.3) is 0 Å². The fourth-order valence-corrected chi connectivity index (χ4v) is 4.84. The molecular weight excluding hydrogens is 387 g/mol. The van der Waals surface area contributed by atoms with Gasteiger partial charge in [-0.25, -0.2) is 0 Å². The first-order valence-corrected chi connectivity index (χ1v) is 11.3. The highest BCUT2D eigenvalue weighted by Gasteiger charge is 2.29. The van der Waals surface area contributed by atoms with E-state index in [1.807, 2.05) is 71.0 Å². The lowest BCUT2D eigenvalue weighted by Gasteiger charge is -2.22. The van der Waals surface area contributed by atoms with Gasteiger partial charge in [0.05, 0.1) is 31.7 Å². The largest absolute Gasteiger partial charge is 0.494 e. The topological polar surface area (TPSA) is 54.0 Å². The van der Waals surface area contributed by atoms with Crippen molar-refractivity contribution in [3.63, 3.8) is 0 Å². The number of carbonyl (C=O) groups excluding carboxylic acids is 1. The van der Waals surface area contributed by atoms with Gasteiger partial charge in [-0.1, -0.05) is 18.2 Å². The predicted molar refractivity (Wildman–Crippen MR) is 118 cm³/mol. The molecule has 0 spiro atoms. The number of aryl methyl sites for hydroxylation is 2. The van der Waals surface area contributed by atoms with Gasteiger partial charge in [-0.15, -0.1) is 0 Å². The highest BCUT2D eigenvalue weighted by atomic mass is 31.1. The van der Waals surface area contributed by atoms with Crippen molar-refractivity contribution in [2.75, 3.05) is 33.0 Å². The summed E-state index contributed by atoms with van der Waals surface area (Å²) in [4.78, 5) is 13.6. The maximum atomic E-state index is 13.6. The van der Waals surface area contributed by atoms with E-state index in [1.54, 1.807) is 0 Å². The Bertz CT molecular complexity index is 786. The molecule has 0 saturated heterocycles. The number of hydrogen-bond donors (Lipinski definition) is 0. The highest BCUT2D eigenvalue weighted by Crippen LogP contribution is 2.44. The molecule has 0 N–H and O–H groups in total. The van der Waals surface area contributed by atoms with Crippen LogP contribution in [0.25, 0.3) is 0 Å². The molecule has 0 bridgehead atoms. The number of ether oxygens (including phenoxy) is 3. The Balaban J connectivity index is 2.45. The van der Waals surface area contributed by atoms with Crippen molar-refractivity contribution >= 4 is 19.0 Å². The molecule has 29 heavy (non-hydrogen) atoms. The van der Waals surface area contributed by atoms with E-state index in [9.17, 15) is 4.79 Å². The Hall–Kier alpha value is -1.94. The molecule has 2 rings (SSSR count). The van der Waals surface area contributed by atoms with Gasteiger partial charge in [-0.3, -0.25) is 4.79 Å². The van der Waals surface area contributed by atoms with E-state index in [1.165, 1.54) is 0 Å². The van der Waals surface area contributed by atoms with E-state index in [0.717, 1.165) is 16.4 Å².